The van der Waals surface area contributed by atoms with Gasteiger partial charge >= 0.3 is 0 Å². The molecular weight excluding hydrogens is 831 g/mol. The Balaban J connectivity index is 1.20. The third-order valence-corrected chi connectivity index (χ3v) is 12.8. The minimum absolute atomic E-state index is 0.556. The van der Waals surface area contributed by atoms with Gasteiger partial charge < -0.3 is 4.90 Å². The van der Waals surface area contributed by atoms with Crippen LogP contribution in [0.4, 0.5) is 23.0 Å². The second-order valence-electron chi connectivity index (χ2n) is 17.2. The molecule has 68 heavy (non-hydrogen) atoms. The largest absolute Gasteiger partial charge is 0.312 e. The number of allylic oxidation sites excluding steroid dienone is 5. The van der Waals surface area contributed by atoms with Gasteiger partial charge in [0.2, 0.25) is 11.9 Å². The molecular formula is C61H45N7. The van der Waals surface area contributed by atoms with Crippen molar-refractivity contribution < 1.29 is 0 Å². The zero-order valence-corrected chi connectivity index (χ0v) is 37.5. The van der Waals surface area contributed by atoms with Crippen molar-refractivity contribution in [2.75, 3.05) is 9.80 Å². The molecule has 10 aromatic rings. The van der Waals surface area contributed by atoms with E-state index in [0.717, 1.165) is 119 Å². The average Bonchev–Trinajstić information content (AvgIpc) is 3.74. The summed E-state index contributed by atoms with van der Waals surface area (Å²) in [5, 5.41) is 2.11. The summed E-state index contributed by atoms with van der Waals surface area (Å²) in [6, 6.07) is 69.4. The van der Waals surface area contributed by atoms with Crippen LogP contribution in [0.5, 0.6) is 0 Å². The molecule has 0 N–H and O–H groups in total. The second kappa shape index (κ2) is 17.1. The van der Waals surface area contributed by atoms with Gasteiger partial charge in [-0.1, -0.05) is 176 Å². The molecule has 0 spiro atoms. The number of fused-ring (bicyclic) bond motifs is 5. The molecule has 0 atom stereocenters. The second-order valence-corrected chi connectivity index (χ2v) is 17.2. The maximum atomic E-state index is 5.52. The van der Waals surface area contributed by atoms with Gasteiger partial charge in [-0.05, 0) is 73.9 Å². The number of aromatic nitrogens is 5. The predicted molar refractivity (Wildman–Crippen MR) is 279 cm³/mol. The highest BCUT2D eigenvalue weighted by Gasteiger charge is 2.32. The molecule has 0 fully saturated rings. The van der Waals surface area contributed by atoms with Crippen LogP contribution in [0.25, 0.3) is 72.8 Å². The number of benzene rings is 7. The number of anilines is 4. The van der Waals surface area contributed by atoms with Crippen LogP contribution in [0.15, 0.2) is 248 Å². The van der Waals surface area contributed by atoms with Crippen LogP contribution in [0.1, 0.15) is 19.8 Å². The van der Waals surface area contributed by atoms with E-state index in [0.29, 0.717) is 11.9 Å². The fraction of sp³-hybridized carbons (Fsp3) is 0.0492. The van der Waals surface area contributed by atoms with E-state index in [9.17, 15) is 0 Å². The highest BCUT2D eigenvalue weighted by atomic mass is 15.3. The summed E-state index contributed by atoms with van der Waals surface area (Å²) in [6.45, 7) is 6.92. The van der Waals surface area contributed by atoms with Crippen LogP contribution in [-0.2, 0) is 0 Å². The molecule has 0 radical (unpaired) electrons. The van der Waals surface area contributed by atoms with Gasteiger partial charge in [0.15, 0.2) is 0 Å². The molecule has 1 aliphatic carbocycles. The lowest BCUT2D eigenvalue weighted by Gasteiger charge is -2.33. The van der Waals surface area contributed by atoms with Crippen molar-refractivity contribution in [3.8, 4) is 51.0 Å². The molecule has 324 valence electrons. The minimum Gasteiger partial charge on any atom is -0.312 e. The summed E-state index contributed by atoms with van der Waals surface area (Å²) >= 11 is 0. The first-order valence-corrected chi connectivity index (χ1v) is 23.1. The third kappa shape index (κ3) is 7.27. The van der Waals surface area contributed by atoms with E-state index in [1.54, 1.807) is 0 Å². The van der Waals surface area contributed by atoms with Crippen molar-refractivity contribution in [2.24, 2.45) is 0 Å². The van der Waals surface area contributed by atoms with Crippen molar-refractivity contribution in [3.05, 3.63) is 248 Å². The standard InChI is InChI=1S/C61H45N7/c1-41-36-42(2)66(47-30-16-7-17-31-47)59-40-57-50(49-33-19-21-35-56(49)67(57)60-62-51(43-22-8-3-9-23-43)38-52(63-60)44-24-10-4-11-25-44)37-58(59)68(55-34-20-18-32-48(41)55)61-64-53(45-26-12-5-13-27-45)39-54(65-61)46-28-14-6-15-29-46/h3-17,19,21-40H,1,18,20H2,2H3/b42-36+. The molecule has 7 heteroatoms. The van der Waals surface area contributed by atoms with Crippen LogP contribution < -0.4 is 9.80 Å². The SMILES string of the molecule is C=C1/C=C(\C)N(c2ccccc2)c2cc3c(cc2N(c2nc(-c4ccccc4)cc(-c4ccccc4)n2)C2=CCCC=C12)c1ccccc1n3-c1nc(-c2ccccc2)cc(-c2ccccc2)n1. The van der Waals surface area contributed by atoms with E-state index in [-0.39, 0.29) is 0 Å². The zero-order valence-electron chi connectivity index (χ0n) is 37.5. The summed E-state index contributed by atoms with van der Waals surface area (Å²) < 4.78 is 2.23. The van der Waals surface area contributed by atoms with Crippen molar-refractivity contribution in [3.63, 3.8) is 0 Å². The van der Waals surface area contributed by atoms with Gasteiger partial charge in [0.05, 0.1) is 50.9 Å². The van der Waals surface area contributed by atoms with E-state index in [2.05, 4.69) is 215 Å². The molecule has 7 nitrogen and oxygen atoms in total. The molecule has 4 heterocycles. The van der Waals surface area contributed by atoms with E-state index < -0.39 is 0 Å². The molecule has 0 saturated heterocycles. The fourth-order valence-electron chi connectivity index (χ4n) is 9.68. The fourth-order valence-corrected chi connectivity index (χ4v) is 9.68. The maximum absolute atomic E-state index is 5.52. The molecule has 0 unspecified atom stereocenters. The summed E-state index contributed by atoms with van der Waals surface area (Å²) in [5.41, 5.74) is 16.1. The number of nitrogens with zero attached hydrogens (tertiary/aromatic N) is 7. The summed E-state index contributed by atoms with van der Waals surface area (Å²) in [4.78, 5) is 26.4. The first-order valence-electron chi connectivity index (χ1n) is 23.1. The van der Waals surface area contributed by atoms with Gasteiger partial charge in [0, 0.05) is 50.0 Å². The molecule has 0 amide bonds. The Labute approximate surface area is 395 Å². The Morgan fingerprint density at radius 2 is 0.882 bits per heavy atom. The van der Waals surface area contributed by atoms with Gasteiger partial charge in [0.25, 0.3) is 0 Å². The highest BCUT2D eigenvalue weighted by molar-refractivity contribution is 6.13. The molecule has 0 bridgehead atoms. The van der Waals surface area contributed by atoms with Crippen LogP contribution >= 0.6 is 0 Å². The Bertz CT molecular complexity index is 3520. The first-order chi connectivity index (χ1) is 33.6. The minimum atomic E-state index is 0.556. The molecule has 2 aliphatic rings. The lowest BCUT2D eigenvalue weighted by atomic mass is 9.95. The number of rotatable bonds is 7. The van der Waals surface area contributed by atoms with Gasteiger partial charge in [0.1, 0.15) is 0 Å². The van der Waals surface area contributed by atoms with E-state index >= 15 is 0 Å². The van der Waals surface area contributed by atoms with E-state index in [1.807, 2.05) is 24.3 Å². The summed E-state index contributed by atoms with van der Waals surface area (Å²) in [7, 11) is 0. The highest BCUT2D eigenvalue weighted by Crippen LogP contribution is 2.49. The van der Waals surface area contributed by atoms with Crippen molar-refractivity contribution >= 4 is 44.8 Å². The van der Waals surface area contributed by atoms with Crippen LogP contribution in [0.3, 0.4) is 0 Å². The average molecular weight is 876 g/mol. The third-order valence-electron chi connectivity index (χ3n) is 12.8. The molecule has 7 aromatic carbocycles. The molecule has 3 aromatic heterocycles. The van der Waals surface area contributed by atoms with Crippen molar-refractivity contribution in [1.29, 1.82) is 0 Å². The number of hydrogen-bond donors (Lipinski definition) is 0. The Kier molecular flexibility index (Phi) is 10.2. The Morgan fingerprint density at radius 3 is 1.43 bits per heavy atom. The van der Waals surface area contributed by atoms with Crippen molar-refractivity contribution in [2.45, 2.75) is 19.8 Å². The topological polar surface area (TPSA) is 63.0 Å². The van der Waals surface area contributed by atoms with Crippen molar-refractivity contribution in [1.82, 2.24) is 24.5 Å². The quantitative estimate of drug-likeness (QED) is 0.159. The van der Waals surface area contributed by atoms with E-state index in [4.69, 9.17) is 26.5 Å². The summed E-state index contributed by atoms with van der Waals surface area (Å²) in [5.74, 6) is 1.13. The lowest BCUT2D eigenvalue weighted by molar-refractivity contribution is 0.954. The maximum Gasteiger partial charge on any atom is 0.235 e. The van der Waals surface area contributed by atoms with Crippen LogP contribution in [0.2, 0.25) is 0 Å². The first kappa shape index (κ1) is 40.6. The Hall–Kier alpha value is -8.94. The smallest absolute Gasteiger partial charge is 0.235 e. The normalized spacial score (nSPS) is 14.5. The van der Waals surface area contributed by atoms with Crippen LogP contribution in [0, 0.1) is 0 Å². The number of hydrogen-bond acceptors (Lipinski definition) is 6. The molecule has 12 rings (SSSR count). The zero-order chi connectivity index (χ0) is 45.6. The summed E-state index contributed by atoms with van der Waals surface area (Å²) in [6.07, 6.45) is 8.60. The molecule has 0 saturated carbocycles. The predicted octanol–water partition coefficient (Wildman–Crippen LogP) is 15.4. The Morgan fingerprint density at radius 1 is 0.426 bits per heavy atom. The monoisotopic (exact) mass is 875 g/mol. The number of para-hydroxylation sites is 2. The van der Waals surface area contributed by atoms with Crippen LogP contribution in [-0.4, -0.2) is 24.5 Å². The van der Waals surface area contributed by atoms with E-state index in [1.165, 1.54) is 0 Å². The lowest BCUT2D eigenvalue weighted by Crippen LogP contribution is -2.24. The van der Waals surface area contributed by atoms with Gasteiger partial charge in [-0.2, -0.15) is 0 Å². The van der Waals surface area contributed by atoms with Gasteiger partial charge in [-0.3, -0.25) is 9.47 Å². The van der Waals surface area contributed by atoms with Gasteiger partial charge in [-0.25, -0.2) is 19.9 Å². The van der Waals surface area contributed by atoms with Gasteiger partial charge in [-0.15, -0.1) is 0 Å². The molecule has 1 aliphatic heterocycles.